The smallest absolute Gasteiger partial charge is 0.328 e. The number of methoxy groups -OCH3 is 1. The van der Waals surface area contributed by atoms with E-state index in [2.05, 4.69) is 15.3 Å². The van der Waals surface area contributed by atoms with Crippen molar-refractivity contribution in [2.75, 3.05) is 19.1 Å². The summed E-state index contributed by atoms with van der Waals surface area (Å²) >= 11 is 0. The van der Waals surface area contributed by atoms with E-state index in [9.17, 15) is 9.59 Å². The molecule has 0 radical (unpaired) electrons. The van der Waals surface area contributed by atoms with Crippen LogP contribution in [0, 0.1) is 0 Å². The highest BCUT2D eigenvalue weighted by Crippen LogP contribution is 2.20. The van der Waals surface area contributed by atoms with Crippen LogP contribution in [0.5, 0.6) is 0 Å². The minimum atomic E-state index is -0.743. The molecule has 32 heavy (non-hydrogen) atoms. The summed E-state index contributed by atoms with van der Waals surface area (Å²) in [5.41, 5.74) is 2.81. The van der Waals surface area contributed by atoms with Gasteiger partial charge in [-0.25, -0.2) is 14.8 Å². The van der Waals surface area contributed by atoms with Crippen molar-refractivity contribution in [3.63, 3.8) is 0 Å². The fourth-order valence-electron chi connectivity index (χ4n) is 3.11. The predicted molar refractivity (Wildman–Crippen MR) is 124 cm³/mol. The number of hydrogen-bond donors (Lipinski definition) is 1. The highest BCUT2D eigenvalue weighted by molar-refractivity contribution is 5.85. The summed E-state index contributed by atoms with van der Waals surface area (Å²) in [5.74, 6) is -0.0885. The summed E-state index contributed by atoms with van der Waals surface area (Å²) < 4.78 is 4.85. The van der Waals surface area contributed by atoms with Gasteiger partial charge in [-0.15, -0.1) is 0 Å². The Morgan fingerprint density at radius 2 is 1.72 bits per heavy atom. The number of nitrogens with zero attached hydrogens (tertiary/aromatic N) is 3. The molecule has 0 aliphatic heterocycles. The average molecular weight is 431 g/mol. The number of amides is 1. The Labute approximate surface area is 187 Å². The number of esters is 1. The molecule has 0 aliphatic rings. The molecule has 7 heteroatoms. The first-order valence-corrected chi connectivity index (χ1v) is 10.3. The van der Waals surface area contributed by atoms with E-state index in [1.807, 2.05) is 78.7 Å². The van der Waals surface area contributed by atoms with Crippen LogP contribution in [0.15, 0.2) is 79.1 Å². The number of aromatic nitrogens is 2. The molecule has 3 rings (SSSR count). The molecule has 3 aromatic rings. The van der Waals surface area contributed by atoms with Crippen LogP contribution in [0.2, 0.25) is 0 Å². The van der Waals surface area contributed by atoms with Crippen LogP contribution < -0.4 is 10.2 Å². The minimum Gasteiger partial charge on any atom is -0.467 e. The predicted octanol–water partition coefficient (Wildman–Crippen LogP) is 3.55. The van der Waals surface area contributed by atoms with E-state index < -0.39 is 12.0 Å². The molecule has 1 atom stereocenters. The second kappa shape index (κ2) is 11.4. The van der Waals surface area contributed by atoms with Crippen LogP contribution in [0.4, 0.5) is 11.6 Å². The third-order valence-corrected chi connectivity index (χ3v) is 4.84. The van der Waals surface area contributed by atoms with Crippen molar-refractivity contribution in [1.82, 2.24) is 15.3 Å². The van der Waals surface area contributed by atoms with Crippen molar-refractivity contribution >= 4 is 29.6 Å². The molecule has 0 bridgehead atoms. The molecule has 1 N–H and O–H groups in total. The van der Waals surface area contributed by atoms with Crippen molar-refractivity contribution in [2.45, 2.75) is 18.9 Å². The van der Waals surface area contributed by atoms with Crippen LogP contribution >= 0.6 is 0 Å². The molecule has 2 aromatic carbocycles. The molecule has 0 unspecified atom stereocenters. The van der Waals surface area contributed by atoms with Crippen molar-refractivity contribution in [2.24, 2.45) is 0 Å². The van der Waals surface area contributed by atoms with Gasteiger partial charge in [-0.3, -0.25) is 4.79 Å². The van der Waals surface area contributed by atoms with Crippen molar-refractivity contribution in [3.05, 3.63) is 90.3 Å². The molecular weight excluding hydrogens is 404 g/mol. The molecule has 1 amide bonds. The molecular formula is C25H26N4O3. The van der Waals surface area contributed by atoms with Gasteiger partial charge in [-0.1, -0.05) is 54.6 Å². The van der Waals surface area contributed by atoms with Crippen molar-refractivity contribution < 1.29 is 14.3 Å². The van der Waals surface area contributed by atoms with Crippen LogP contribution in [0.25, 0.3) is 6.08 Å². The summed E-state index contributed by atoms with van der Waals surface area (Å²) in [4.78, 5) is 34.8. The van der Waals surface area contributed by atoms with Gasteiger partial charge in [-0.2, -0.15) is 0 Å². The van der Waals surface area contributed by atoms with Gasteiger partial charge in [0.25, 0.3) is 0 Å². The second-order valence-corrected chi connectivity index (χ2v) is 7.14. The first-order chi connectivity index (χ1) is 15.6. The topological polar surface area (TPSA) is 84.4 Å². The van der Waals surface area contributed by atoms with E-state index in [0.717, 1.165) is 16.8 Å². The highest BCUT2D eigenvalue weighted by Gasteiger charge is 2.20. The summed E-state index contributed by atoms with van der Waals surface area (Å²) in [5, 5.41) is 2.76. The Hall–Kier alpha value is -4.00. The van der Waals surface area contributed by atoms with E-state index in [1.165, 1.54) is 7.11 Å². The van der Waals surface area contributed by atoms with E-state index in [-0.39, 0.29) is 12.3 Å². The Morgan fingerprint density at radius 1 is 1.03 bits per heavy atom. The summed E-state index contributed by atoms with van der Waals surface area (Å²) in [6.07, 6.45) is 7.69. The molecule has 0 aliphatic carbocycles. The first-order valence-electron chi connectivity index (χ1n) is 10.3. The molecule has 0 fully saturated rings. The summed E-state index contributed by atoms with van der Waals surface area (Å²) in [6, 6.07) is 18.3. The lowest BCUT2D eigenvalue weighted by atomic mass is 10.1. The fraction of sp³-hybridized carbons (Fsp3) is 0.200. The number of benzene rings is 2. The Bertz CT molecular complexity index is 1040. The quantitative estimate of drug-likeness (QED) is 0.523. The van der Waals surface area contributed by atoms with Crippen LogP contribution in [0.1, 0.15) is 17.5 Å². The number of carbonyl (C=O) groups is 2. The van der Waals surface area contributed by atoms with Crippen LogP contribution in [-0.2, 0) is 20.7 Å². The van der Waals surface area contributed by atoms with Crippen LogP contribution in [-0.4, -0.2) is 42.0 Å². The highest BCUT2D eigenvalue weighted by atomic mass is 16.5. The maximum atomic E-state index is 12.3. The largest absolute Gasteiger partial charge is 0.467 e. The van der Waals surface area contributed by atoms with Gasteiger partial charge in [0.1, 0.15) is 6.04 Å². The lowest BCUT2D eigenvalue weighted by molar-refractivity contribution is -0.144. The minimum absolute atomic E-state index is 0.207. The SMILES string of the molecule is COC(=O)[C@H](C/C=C/c1ccc(N(C)c2ncccn2)cc1)NC(=O)Cc1ccccc1. The summed E-state index contributed by atoms with van der Waals surface area (Å²) in [6.45, 7) is 0. The van der Waals surface area contributed by atoms with Gasteiger partial charge in [0, 0.05) is 25.1 Å². The number of nitrogens with one attached hydrogen (secondary N) is 1. The number of hydrogen-bond acceptors (Lipinski definition) is 6. The number of ether oxygens (including phenoxy) is 1. The zero-order valence-electron chi connectivity index (χ0n) is 18.1. The summed E-state index contributed by atoms with van der Waals surface area (Å²) in [7, 11) is 3.22. The maximum Gasteiger partial charge on any atom is 0.328 e. The van der Waals surface area contributed by atoms with E-state index in [1.54, 1.807) is 18.5 Å². The molecule has 0 saturated carbocycles. The third kappa shape index (κ3) is 6.50. The Kier molecular flexibility index (Phi) is 8.09. The van der Waals surface area contributed by atoms with E-state index >= 15 is 0 Å². The van der Waals surface area contributed by atoms with Crippen molar-refractivity contribution in [1.29, 1.82) is 0 Å². The van der Waals surface area contributed by atoms with Crippen molar-refractivity contribution in [3.8, 4) is 0 Å². The second-order valence-electron chi connectivity index (χ2n) is 7.14. The fourth-order valence-corrected chi connectivity index (χ4v) is 3.11. The van der Waals surface area contributed by atoms with Gasteiger partial charge in [-0.05, 0) is 35.7 Å². The zero-order valence-corrected chi connectivity index (χ0v) is 18.1. The number of rotatable bonds is 9. The lowest BCUT2D eigenvalue weighted by Crippen LogP contribution is -2.41. The first kappa shape index (κ1) is 22.7. The molecule has 0 saturated heterocycles. The molecule has 0 spiro atoms. The van der Waals surface area contributed by atoms with E-state index in [4.69, 9.17) is 4.74 Å². The lowest BCUT2D eigenvalue weighted by Gasteiger charge is -2.16. The molecule has 164 valence electrons. The standard InChI is InChI=1S/C25H26N4O3/c1-29(25-26-16-7-17-27-25)21-14-12-19(13-15-21)10-6-11-22(24(31)32-2)28-23(30)18-20-8-4-3-5-9-20/h3-10,12-17,22H,11,18H2,1-2H3,(H,28,30)/b10-6+/t22-/m0/s1. The maximum absolute atomic E-state index is 12.3. The monoisotopic (exact) mass is 430 g/mol. The van der Waals surface area contributed by atoms with E-state index in [0.29, 0.717) is 12.4 Å². The van der Waals surface area contributed by atoms with Gasteiger partial charge in [0.05, 0.1) is 13.5 Å². The molecule has 1 aromatic heterocycles. The Balaban J connectivity index is 1.58. The van der Waals surface area contributed by atoms with Gasteiger partial charge < -0.3 is 15.0 Å². The number of carbonyl (C=O) groups excluding carboxylic acids is 2. The van der Waals surface area contributed by atoms with Gasteiger partial charge in [0.2, 0.25) is 11.9 Å². The van der Waals surface area contributed by atoms with Gasteiger partial charge >= 0.3 is 5.97 Å². The third-order valence-electron chi connectivity index (χ3n) is 4.84. The molecule has 1 heterocycles. The number of anilines is 2. The zero-order chi connectivity index (χ0) is 22.8. The van der Waals surface area contributed by atoms with Crippen LogP contribution in [0.3, 0.4) is 0 Å². The Morgan fingerprint density at radius 3 is 2.38 bits per heavy atom. The molecule has 7 nitrogen and oxygen atoms in total. The normalized spacial score (nSPS) is 11.7. The average Bonchev–Trinajstić information content (AvgIpc) is 2.84. The van der Waals surface area contributed by atoms with Gasteiger partial charge in [0.15, 0.2) is 0 Å².